The summed E-state index contributed by atoms with van der Waals surface area (Å²) in [5.74, 6) is -0.374. The van der Waals surface area contributed by atoms with Gasteiger partial charge in [0.1, 0.15) is 6.61 Å². The quantitative estimate of drug-likeness (QED) is 0.243. The van der Waals surface area contributed by atoms with Gasteiger partial charge in [-0.2, -0.15) is 8.42 Å². The molecule has 0 aliphatic heterocycles. The van der Waals surface area contributed by atoms with Crippen LogP contribution in [0, 0.1) is 6.92 Å². The van der Waals surface area contributed by atoms with E-state index in [1.165, 1.54) is 12.1 Å². The van der Waals surface area contributed by atoms with E-state index in [9.17, 15) is 13.2 Å². The van der Waals surface area contributed by atoms with Gasteiger partial charge in [0.05, 0.1) is 4.90 Å². The second-order valence-electron chi connectivity index (χ2n) is 5.80. The molecule has 0 aliphatic carbocycles. The minimum atomic E-state index is -3.90. The van der Waals surface area contributed by atoms with Gasteiger partial charge in [-0.1, -0.05) is 48.0 Å². The Kier molecular flexibility index (Phi) is 14.3. The highest BCUT2D eigenvalue weighted by Crippen LogP contribution is 2.13. The lowest BCUT2D eigenvalue weighted by atomic mass is 10.1. The molecule has 2 aromatic rings. The number of Topliss-reactive ketones (excluding diaryl/α,β-unsaturated/α-hetero) is 1. The van der Waals surface area contributed by atoms with Crippen LogP contribution >= 0.6 is 0 Å². The van der Waals surface area contributed by atoms with Crippen molar-refractivity contribution in [2.45, 2.75) is 38.9 Å². The average molecular weight is 437 g/mol. The highest BCUT2D eigenvalue weighted by Gasteiger charge is 2.17. The molecule has 0 unspecified atom stereocenters. The average Bonchev–Trinajstić information content (AvgIpc) is 2.75. The number of rotatable bonds is 9. The Labute approximate surface area is 180 Å². The standard InChI is InChI=1S/C15H14O4S.C6H14O2.C2H4/c1-12-7-9-14(10-8-12)20(17,18)19-11-15(16)13-5-3-2-4-6-13;1-4-7-6(3)8-5-2;1-2/h2-10H,11H2,1H3;6H,4-5H2,1-3H3;1-2H2. The van der Waals surface area contributed by atoms with Gasteiger partial charge in [-0.3, -0.25) is 8.98 Å². The Balaban J connectivity index is 0.000000712. The fourth-order valence-electron chi connectivity index (χ4n) is 2.13. The van der Waals surface area contributed by atoms with Crippen molar-refractivity contribution in [3.63, 3.8) is 0 Å². The van der Waals surface area contributed by atoms with E-state index in [4.69, 9.17) is 13.7 Å². The molecule has 0 amide bonds. The van der Waals surface area contributed by atoms with Crippen molar-refractivity contribution in [1.29, 1.82) is 0 Å². The zero-order valence-corrected chi connectivity index (χ0v) is 19.0. The summed E-state index contributed by atoms with van der Waals surface area (Å²) < 4.78 is 38.7. The van der Waals surface area contributed by atoms with Gasteiger partial charge in [0.15, 0.2) is 12.1 Å². The molecule has 0 saturated heterocycles. The summed E-state index contributed by atoms with van der Waals surface area (Å²) in [4.78, 5) is 11.8. The topological polar surface area (TPSA) is 78.9 Å². The van der Waals surface area contributed by atoms with E-state index in [2.05, 4.69) is 13.2 Å². The molecule has 0 N–H and O–H groups in total. The molecule has 6 nitrogen and oxygen atoms in total. The first-order valence-electron chi connectivity index (χ1n) is 9.57. The lowest BCUT2D eigenvalue weighted by Crippen LogP contribution is -2.14. The van der Waals surface area contributed by atoms with Crippen molar-refractivity contribution in [2.24, 2.45) is 0 Å². The Hall–Kier alpha value is -2.32. The van der Waals surface area contributed by atoms with Crippen LogP contribution in [0.1, 0.15) is 36.7 Å². The number of ether oxygens (including phenoxy) is 2. The van der Waals surface area contributed by atoms with E-state index in [1.54, 1.807) is 42.5 Å². The number of aryl methyl sites for hydroxylation is 1. The van der Waals surface area contributed by atoms with E-state index in [0.29, 0.717) is 5.56 Å². The summed E-state index contributed by atoms with van der Waals surface area (Å²) in [5, 5.41) is 0. The molecule has 0 atom stereocenters. The van der Waals surface area contributed by atoms with Crippen LogP contribution in [0.3, 0.4) is 0 Å². The van der Waals surface area contributed by atoms with Gasteiger partial charge in [0, 0.05) is 18.8 Å². The number of carbonyl (C=O) groups excluding carboxylic acids is 1. The van der Waals surface area contributed by atoms with Crippen LogP contribution in [0.4, 0.5) is 0 Å². The second kappa shape index (κ2) is 15.5. The first-order valence-corrected chi connectivity index (χ1v) is 11.0. The monoisotopic (exact) mass is 436 g/mol. The van der Waals surface area contributed by atoms with Crippen molar-refractivity contribution in [1.82, 2.24) is 0 Å². The van der Waals surface area contributed by atoms with E-state index in [-0.39, 0.29) is 17.0 Å². The van der Waals surface area contributed by atoms with Gasteiger partial charge in [-0.05, 0) is 39.8 Å². The predicted molar refractivity (Wildman–Crippen MR) is 119 cm³/mol. The van der Waals surface area contributed by atoms with Crippen molar-refractivity contribution >= 4 is 15.9 Å². The SMILES string of the molecule is C=C.CCOC(C)OCC.Cc1ccc(S(=O)(=O)OCC(=O)c2ccccc2)cc1. The molecule has 7 heteroatoms. The van der Waals surface area contributed by atoms with Gasteiger partial charge >= 0.3 is 0 Å². The number of hydrogen-bond acceptors (Lipinski definition) is 6. The smallest absolute Gasteiger partial charge is 0.297 e. The zero-order chi connectivity index (χ0) is 23.0. The van der Waals surface area contributed by atoms with Gasteiger partial charge in [-0.15, -0.1) is 13.2 Å². The number of ketones is 1. The number of hydrogen-bond donors (Lipinski definition) is 0. The highest BCUT2D eigenvalue weighted by atomic mass is 32.2. The Bertz CT molecular complexity index is 811. The molecule has 0 aliphatic rings. The molecule has 0 aromatic heterocycles. The van der Waals surface area contributed by atoms with Crippen LogP contribution in [-0.2, 0) is 23.8 Å². The van der Waals surface area contributed by atoms with Gasteiger partial charge in [-0.25, -0.2) is 0 Å². The van der Waals surface area contributed by atoms with Crippen LogP contribution in [0.5, 0.6) is 0 Å². The highest BCUT2D eigenvalue weighted by molar-refractivity contribution is 7.86. The van der Waals surface area contributed by atoms with Crippen LogP contribution in [0.25, 0.3) is 0 Å². The van der Waals surface area contributed by atoms with Crippen LogP contribution < -0.4 is 0 Å². The third-order valence-corrected chi connectivity index (χ3v) is 4.83. The van der Waals surface area contributed by atoms with E-state index >= 15 is 0 Å². The molecule has 0 bridgehead atoms. The molecule has 0 fully saturated rings. The molecule has 166 valence electrons. The van der Waals surface area contributed by atoms with Crippen LogP contribution in [0.15, 0.2) is 72.7 Å². The fraction of sp³-hybridized carbons (Fsp3) is 0.348. The molecule has 2 aromatic carbocycles. The van der Waals surface area contributed by atoms with Crippen molar-refractivity contribution < 1.29 is 26.9 Å². The van der Waals surface area contributed by atoms with Crippen LogP contribution in [-0.4, -0.2) is 40.3 Å². The maximum absolute atomic E-state index is 11.9. The summed E-state index contributed by atoms with van der Waals surface area (Å²) in [5.41, 5.74) is 1.37. The fourth-order valence-corrected chi connectivity index (χ4v) is 3.00. The zero-order valence-electron chi connectivity index (χ0n) is 18.2. The van der Waals surface area contributed by atoms with E-state index in [1.807, 2.05) is 27.7 Å². The lowest BCUT2D eigenvalue weighted by Gasteiger charge is -2.09. The molecule has 0 saturated carbocycles. The van der Waals surface area contributed by atoms with Gasteiger partial charge < -0.3 is 9.47 Å². The minimum absolute atomic E-state index is 0.0370. The normalized spacial score (nSPS) is 10.4. The Morgan fingerprint density at radius 3 is 1.90 bits per heavy atom. The van der Waals surface area contributed by atoms with E-state index < -0.39 is 16.7 Å². The second-order valence-corrected chi connectivity index (χ2v) is 7.41. The first kappa shape index (κ1) is 27.7. The maximum atomic E-state index is 11.9. The molecule has 0 spiro atoms. The van der Waals surface area contributed by atoms with Crippen LogP contribution in [0.2, 0.25) is 0 Å². The third kappa shape index (κ3) is 11.0. The number of carbonyl (C=O) groups is 1. The third-order valence-electron chi connectivity index (χ3n) is 3.55. The molecular weight excluding hydrogens is 404 g/mol. The molecule has 0 heterocycles. The summed E-state index contributed by atoms with van der Waals surface area (Å²) in [6.07, 6.45) is -0.0370. The van der Waals surface area contributed by atoms with Crippen molar-refractivity contribution in [3.05, 3.63) is 78.9 Å². The van der Waals surface area contributed by atoms with Gasteiger partial charge in [0.25, 0.3) is 10.1 Å². The minimum Gasteiger partial charge on any atom is -0.353 e. The van der Waals surface area contributed by atoms with E-state index in [0.717, 1.165) is 18.8 Å². The first-order chi connectivity index (χ1) is 14.3. The summed E-state index contributed by atoms with van der Waals surface area (Å²) in [7, 11) is -3.90. The molecule has 30 heavy (non-hydrogen) atoms. The molecule has 0 radical (unpaired) electrons. The van der Waals surface area contributed by atoms with Crippen molar-refractivity contribution in [2.75, 3.05) is 19.8 Å². The largest absolute Gasteiger partial charge is 0.353 e. The Morgan fingerprint density at radius 2 is 1.43 bits per heavy atom. The number of benzene rings is 2. The summed E-state index contributed by atoms with van der Waals surface area (Å²) >= 11 is 0. The summed E-state index contributed by atoms with van der Waals surface area (Å²) in [6, 6.07) is 14.7. The predicted octanol–water partition coefficient (Wildman–Crippen LogP) is 4.79. The van der Waals surface area contributed by atoms with Gasteiger partial charge in [0.2, 0.25) is 0 Å². The Morgan fingerprint density at radius 1 is 0.933 bits per heavy atom. The summed E-state index contributed by atoms with van der Waals surface area (Å²) in [6.45, 7) is 14.6. The molecule has 2 rings (SSSR count). The molecular formula is C23H32O6S. The lowest BCUT2D eigenvalue weighted by molar-refractivity contribution is -0.123. The maximum Gasteiger partial charge on any atom is 0.297 e. The van der Waals surface area contributed by atoms with Crippen molar-refractivity contribution in [3.8, 4) is 0 Å².